The Balaban J connectivity index is 0.686. The minimum absolute atomic E-state index is 0.00565. The fourth-order valence-electron chi connectivity index (χ4n) is 9.30. The van der Waals surface area contributed by atoms with Crippen molar-refractivity contribution in [2.45, 2.75) is 62.8 Å². The number of aromatic nitrogens is 8. The highest BCUT2D eigenvalue weighted by Gasteiger charge is 2.36. The molecule has 336 valence electrons. The Morgan fingerprint density at radius 1 is 0.846 bits per heavy atom. The van der Waals surface area contributed by atoms with Crippen molar-refractivity contribution in [3.8, 4) is 0 Å². The van der Waals surface area contributed by atoms with Crippen molar-refractivity contribution in [1.82, 2.24) is 55.0 Å². The molecule has 3 saturated heterocycles. The van der Waals surface area contributed by atoms with Gasteiger partial charge in [0.2, 0.25) is 5.91 Å². The molecule has 10 rings (SSSR count). The van der Waals surface area contributed by atoms with E-state index in [0.717, 1.165) is 86.5 Å². The maximum absolute atomic E-state index is 13.4. The number of alkyl halides is 3. The lowest BCUT2D eigenvalue weighted by atomic mass is 9.86. The maximum atomic E-state index is 13.4. The van der Waals surface area contributed by atoms with E-state index in [2.05, 4.69) is 73.0 Å². The zero-order valence-electron chi connectivity index (χ0n) is 35.1. The Morgan fingerprint density at radius 2 is 1.60 bits per heavy atom. The van der Waals surface area contributed by atoms with Crippen LogP contribution in [0, 0.1) is 5.92 Å². The number of imidazole rings is 1. The molecule has 4 aliphatic rings. The van der Waals surface area contributed by atoms with Crippen LogP contribution in [0.1, 0.15) is 66.8 Å². The lowest BCUT2D eigenvalue weighted by Crippen LogP contribution is -2.49. The summed E-state index contributed by atoms with van der Waals surface area (Å²) in [5.74, 6) is -0.411. The SMILES string of the molecule is O=C1CC[C@H](n2nnc3ccc(N4CCC(CN5CCN(c6ccc(Nc7ncnc8c7ncn8C7CC(NC(=O)c8cccc(C(F)(F)F)n8)C7)cc6)CC5)CC4)cc3c2=O)C(=O)N1. The van der Waals surface area contributed by atoms with E-state index in [1.807, 2.05) is 28.8 Å². The standard InChI is InChI=1S/C44H45F3N14O4/c45-44(46,47)36-3-1-2-34(53-36)41(63)52-28-20-31(21-28)60-25-50-38-39(48-24-49-40(38)60)51-27-4-6-29(7-5-27)59-18-16-57(17-19-59)23-26-12-14-58(15-13-26)30-8-9-33-32(22-30)43(65)61(56-55-33)35-10-11-37(62)54-42(35)64/h1-9,22,24-26,28,31,35H,10-21,23H2,(H,52,63)(H,48,49,51)(H,54,62,64)/t28?,31?,35-/m0/s1. The molecule has 65 heavy (non-hydrogen) atoms. The molecule has 1 atom stereocenters. The number of carbonyl (C=O) groups excluding carboxylic acids is 3. The van der Waals surface area contributed by atoms with Gasteiger partial charge in [-0.25, -0.2) is 19.9 Å². The third-order valence-electron chi connectivity index (χ3n) is 13.0. The number of piperazine rings is 1. The average Bonchev–Trinajstić information content (AvgIpc) is 3.73. The van der Waals surface area contributed by atoms with E-state index >= 15 is 0 Å². The Kier molecular flexibility index (Phi) is 11.1. The van der Waals surface area contributed by atoms with E-state index in [1.54, 1.807) is 12.4 Å². The highest BCUT2D eigenvalue weighted by atomic mass is 19.4. The van der Waals surface area contributed by atoms with E-state index < -0.39 is 35.3 Å². The molecule has 1 aliphatic carbocycles. The summed E-state index contributed by atoms with van der Waals surface area (Å²) >= 11 is 0. The molecule has 2 aromatic carbocycles. The van der Waals surface area contributed by atoms with Crippen molar-refractivity contribution < 1.29 is 27.6 Å². The van der Waals surface area contributed by atoms with Crippen molar-refractivity contribution >= 4 is 62.7 Å². The fourth-order valence-corrected chi connectivity index (χ4v) is 9.30. The van der Waals surface area contributed by atoms with Gasteiger partial charge in [0.15, 0.2) is 17.0 Å². The predicted molar refractivity (Wildman–Crippen MR) is 233 cm³/mol. The topological polar surface area (TPSA) is 201 Å². The summed E-state index contributed by atoms with van der Waals surface area (Å²) in [4.78, 5) is 74.4. The molecule has 3 amide bonds. The number of halogens is 3. The van der Waals surface area contributed by atoms with E-state index in [4.69, 9.17) is 0 Å². The van der Waals surface area contributed by atoms with Gasteiger partial charge >= 0.3 is 6.18 Å². The summed E-state index contributed by atoms with van der Waals surface area (Å²) in [6.45, 7) is 6.55. The number of imide groups is 1. The molecule has 6 aromatic rings. The summed E-state index contributed by atoms with van der Waals surface area (Å²) in [5.41, 5.74) is 2.86. The van der Waals surface area contributed by atoms with Crippen molar-refractivity contribution in [2.75, 3.05) is 60.9 Å². The molecule has 4 aromatic heterocycles. The molecule has 0 bridgehead atoms. The number of carbonyl (C=O) groups is 3. The summed E-state index contributed by atoms with van der Waals surface area (Å²) in [5, 5.41) is 17.1. The first kappa shape index (κ1) is 42.0. The van der Waals surface area contributed by atoms with Crippen molar-refractivity contribution in [1.29, 1.82) is 0 Å². The highest BCUT2D eigenvalue weighted by molar-refractivity contribution is 5.99. The molecular formula is C44H45F3N14O4. The van der Waals surface area contributed by atoms with Gasteiger partial charge in [0.25, 0.3) is 17.4 Å². The van der Waals surface area contributed by atoms with Crippen LogP contribution < -0.4 is 31.3 Å². The highest BCUT2D eigenvalue weighted by Crippen LogP contribution is 2.36. The first-order valence-corrected chi connectivity index (χ1v) is 21.8. The Bertz CT molecular complexity index is 2830. The number of nitrogens with zero attached hydrogens (tertiary/aromatic N) is 11. The van der Waals surface area contributed by atoms with Crippen LogP contribution in [0.2, 0.25) is 0 Å². The van der Waals surface area contributed by atoms with Gasteiger partial charge < -0.3 is 25.0 Å². The number of nitrogens with one attached hydrogen (secondary N) is 3. The van der Waals surface area contributed by atoms with Crippen molar-refractivity contribution in [2.24, 2.45) is 5.92 Å². The molecule has 7 heterocycles. The van der Waals surface area contributed by atoms with Crippen LogP contribution in [0.5, 0.6) is 0 Å². The second kappa shape index (κ2) is 17.2. The molecule has 3 aliphatic heterocycles. The van der Waals surface area contributed by atoms with E-state index in [0.29, 0.717) is 46.6 Å². The van der Waals surface area contributed by atoms with E-state index in [1.165, 1.54) is 18.5 Å². The summed E-state index contributed by atoms with van der Waals surface area (Å²) < 4.78 is 42.3. The van der Waals surface area contributed by atoms with Crippen LogP contribution in [0.15, 0.2) is 78.1 Å². The third-order valence-corrected chi connectivity index (χ3v) is 13.0. The summed E-state index contributed by atoms with van der Waals surface area (Å²) in [6.07, 6.45) is 2.09. The number of rotatable bonds is 10. The van der Waals surface area contributed by atoms with Crippen LogP contribution in [0.3, 0.4) is 0 Å². The molecule has 0 radical (unpaired) electrons. The van der Waals surface area contributed by atoms with E-state index in [-0.39, 0.29) is 36.5 Å². The van der Waals surface area contributed by atoms with Gasteiger partial charge in [-0.05, 0) is 92.6 Å². The lowest BCUT2D eigenvalue weighted by Gasteiger charge is -2.40. The van der Waals surface area contributed by atoms with Gasteiger partial charge in [-0.1, -0.05) is 11.3 Å². The monoisotopic (exact) mass is 890 g/mol. The number of hydrogen-bond donors (Lipinski definition) is 3. The molecule has 21 heteroatoms. The number of amides is 3. The van der Waals surface area contributed by atoms with Gasteiger partial charge in [0.05, 0.1) is 11.7 Å². The maximum Gasteiger partial charge on any atom is 0.433 e. The number of pyridine rings is 1. The Hall–Kier alpha value is -7.03. The number of fused-ring (bicyclic) bond motifs is 2. The minimum atomic E-state index is -4.63. The van der Waals surface area contributed by atoms with Crippen LogP contribution in [0.25, 0.3) is 22.1 Å². The summed E-state index contributed by atoms with van der Waals surface area (Å²) in [6, 6.07) is 16.0. The zero-order valence-corrected chi connectivity index (χ0v) is 35.1. The fraction of sp³-hybridized carbons (Fsp3) is 0.409. The van der Waals surface area contributed by atoms with Crippen LogP contribution in [-0.4, -0.2) is 114 Å². The molecule has 0 unspecified atom stereocenters. The van der Waals surface area contributed by atoms with E-state index in [9.17, 15) is 32.3 Å². The normalized spacial score (nSPS) is 21.1. The van der Waals surface area contributed by atoms with Crippen LogP contribution >= 0.6 is 0 Å². The first-order valence-electron chi connectivity index (χ1n) is 21.8. The quantitative estimate of drug-likeness (QED) is 0.165. The molecule has 0 spiro atoms. The first-order chi connectivity index (χ1) is 31.4. The number of piperidine rings is 2. The minimum Gasteiger partial charge on any atom is -0.371 e. The van der Waals surface area contributed by atoms with Crippen LogP contribution in [0.4, 0.5) is 36.1 Å². The number of benzene rings is 2. The number of anilines is 4. The Morgan fingerprint density at radius 3 is 2.35 bits per heavy atom. The average molecular weight is 891 g/mol. The zero-order chi connectivity index (χ0) is 44.8. The largest absolute Gasteiger partial charge is 0.433 e. The van der Waals surface area contributed by atoms with Gasteiger partial charge in [-0.3, -0.25) is 29.4 Å². The third kappa shape index (κ3) is 8.66. The van der Waals surface area contributed by atoms with Crippen molar-refractivity contribution in [3.63, 3.8) is 0 Å². The Labute approximate surface area is 369 Å². The molecule has 1 saturated carbocycles. The molecule has 3 N–H and O–H groups in total. The van der Waals surface area contributed by atoms with Gasteiger partial charge in [0, 0.05) is 81.4 Å². The second-order valence-electron chi connectivity index (χ2n) is 17.1. The smallest absolute Gasteiger partial charge is 0.371 e. The molecule has 18 nitrogen and oxygen atoms in total. The summed E-state index contributed by atoms with van der Waals surface area (Å²) in [7, 11) is 0. The van der Waals surface area contributed by atoms with Gasteiger partial charge in [-0.2, -0.15) is 17.9 Å². The molecule has 4 fully saturated rings. The van der Waals surface area contributed by atoms with Crippen LogP contribution in [-0.2, 0) is 15.8 Å². The van der Waals surface area contributed by atoms with Gasteiger partial charge in [0.1, 0.15) is 29.3 Å². The lowest BCUT2D eigenvalue weighted by molar-refractivity contribution is -0.141. The predicted octanol–water partition coefficient (Wildman–Crippen LogP) is 4.24. The van der Waals surface area contributed by atoms with Gasteiger partial charge in [-0.15, -0.1) is 5.10 Å². The van der Waals surface area contributed by atoms with Crippen molar-refractivity contribution in [3.05, 3.63) is 95.1 Å². The number of hydrogen-bond acceptors (Lipinski definition) is 14. The second-order valence-corrected chi connectivity index (χ2v) is 17.1. The molecular weight excluding hydrogens is 846 g/mol.